The van der Waals surface area contributed by atoms with E-state index in [0.717, 1.165) is 12.0 Å². The van der Waals surface area contributed by atoms with Gasteiger partial charge < -0.3 is 25.2 Å². The van der Waals surface area contributed by atoms with Crippen molar-refractivity contribution in [2.24, 2.45) is 0 Å². The Labute approximate surface area is 168 Å². The number of hydrogen-bond donors (Lipinski definition) is 3. The van der Waals surface area contributed by atoms with E-state index in [1.165, 1.54) is 24.8 Å². The Bertz CT molecular complexity index is 718. The summed E-state index contributed by atoms with van der Waals surface area (Å²) in [5.74, 6) is -1.42. The molecule has 0 saturated carbocycles. The van der Waals surface area contributed by atoms with Crippen LogP contribution in [0.25, 0.3) is 0 Å². The highest BCUT2D eigenvalue weighted by Crippen LogP contribution is 2.19. The Kier molecular flexibility index (Phi) is 8.70. The maximum absolute atomic E-state index is 12.4. The number of nitrogens with zero attached hydrogens (tertiary/aromatic N) is 1. The molecule has 3 N–H and O–H groups in total. The first-order chi connectivity index (χ1) is 13.0. The molecule has 1 aromatic heterocycles. The smallest absolute Gasteiger partial charge is 0.407 e. The molecule has 10 heteroatoms. The van der Waals surface area contributed by atoms with Gasteiger partial charge >= 0.3 is 12.1 Å². The molecule has 156 valence electrons. The Hall–Kier alpha value is -2.33. The van der Waals surface area contributed by atoms with Gasteiger partial charge in [0, 0.05) is 4.90 Å². The number of hydrogen-bond acceptors (Lipinski definition) is 8. The maximum Gasteiger partial charge on any atom is 0.407 e. The molecule has 1 aromatic rings. The Morgan fingerprint density at radius 1 is 1.29 bits per heavy atom. The molecule has 9 nitrogen and oxygen atoms in total. The molecule has 0 spiro atoms. The zero-order valence-electron chi connectivity index (χ0n) is 16.9. The van der Waals surface area contributed by atoms with Gasteiger partial charge in [0.25, 0.3) is 5.91 Å². The molecule has 2 unspecified atom stereocenters. The third kappa shape index (κ3) is 7.35. The lowest BCUT2D eigenvalue weighted by Crippen LogP contribution is -2.48. The van der Waals surface area contributed by atoms with Gasteiger partial charge in [0.1, 0.15) is 11.3 Å². The van der Waals surface area contributed by atoms with E-state index in [1.54, 1.807) is 26.8 Å². The first kappa shape index (κ1) is 23.7. The average molecular weight is 413 g/mol. The van der Waals surface area contributed by atoms with Crippen molar-refractivity contribution < 1.29 is 29.0 Å². The minimum absolute atomic E-state index is 0.0355. The number of pyridine rings is 1. The molecule has 28 heavy (non-hydrogen) atoms. The minimum Gasteiger partial charge on any atom is -0.467 e. The van der Waals surface area contributed by atoms with Crippen LogP contribution in [-0.4, -0.2) is 59.2 Å². The molecule has 2 atom stereocenters. The van der Waals surface area contributed by atoms with Crippen molar-refractivity contribution in [1.29, 1.82) is 0 Å². The number of methoxy groups -OCH3 is 1. The van der Waals surface area contributed by atoms with E-state index in [9.17, 15) is 19.5 Å². The van der Waals surface area contributed by atoms with Gasteiger partial charge in [0.2, 0.25) is 0 Å². The quantitative estimate of drug-likeness (QED) is 0.453. The summed E-state index contributed by atoms with van der Waals surface area (Å²) in [5.41, 5.74) is -0.128. The number of thioether (sulfide) groups is 1. The van der Waals surface area contributed by atoms with E-state index in [0.29, 0.717) is 5.69 Å². The summed E-state index contributed by atoms with van der Waals surface area (Å²) in [6.45, 7) is 6.68. The number of aromatic nitrogens is 1. The summed E-state index contributed by atoms with van der Waals surface area (Å²) in [5, 5.41) is 14.7. The number of nitrogens with one attached hydrogen (secondary N) is 2. The second-order valence-electron chi connectivity index (χ2n) is 6.92. The predicted molar refractivity (Wildman–Crippen MR) is 104 cm³/mol. The molecule has 0 aliphatic heterocycles. The van der Waals surface area contributed by atoms with Crippen LogP contribution in [0.4, 0.5) is 4.79 Å². The highest BCUT2D eigenvalue weighted by atomic mass is 32.2. The van der Waals surface area contributed by atoms with Gasteiger partial charge in [0.05, 0.1) is 25.5 Å². The summed E-state index contributed by atoms with van der Waals surface area (Å²) in [7, 11) is 1.16. The summed E-state index contributed by atoms with van der Waals surface area (Å²) in [6.07, 6.45) is 0.0975. The number of amides is 2. The van der Waals surface area contributed by atoms with Crippen molar-refractivity contribution in [2.45, 2.75) is 56.9 Å². The zero-order valence-corrected chi connectivity index (χ0v) is 17.7. The number of ether oxygens (including phenoxy) is 2. The van der Waals surface area contributed by atoms with E-state index < -0.39 is 35.7 Å². The van der Waals surface area contributed by atoms with Gasteiger partial charge in [-0.15, -0.1) is 11.8 Å². The molecule has 0 bridgehead atoms. The monoisotopic (exact) mass is 413 g/mol. The first-order valence-electron chi connectivity index (χ1n) is 8.56. The summed E-state index contributed by atoms with van der Waals surface area (Å²) < 4.78 is 9.76. The Morgan fingerprint density at radius 3 is 2.43 bits per heavy atom. The number of aliphatic hydroxyl groups is 1. The molecular weight excluding hydrogens is 386 g/mol. The Balaban J connectivity index is 2.94. The topological polar surface area (TPSA) is 127 Å². The van der Waals surface area contributed by atoms with Crippen LogP contribution in [0.15, 0.2) is 17.0 Å². The van der Waals surface area contributed by atoms with Crippen molar-refractivity contribution in [3.63, 3.8) is 0 Å². The number of esters is 1. The molecular formula is C18H27N3O6S. The second-order valence-corrected chi connectivity index (χ2v) is 7.76. The molecule has 0 aliphatic rings. The number of aliphatic hydroxyl groups excluding tert-OH is 1. The number of alkyl carbamates (subject to hydrolysis) is 1. The van der Waals surface area contributed by atoms with Crippen LogP contribution in [0, 0.1) is 0 Å². The van der Waals surface area contributed by atoms with Crippen LogP contribution in [0.3, 0.4) is 0 Å². The third-order valence-corrected chi connectivity index (χ3v) is 4.22. The average Bonchev–Trinajstić information content (AvgIpc) is 2.61. The lowest BCUT2D eigenvalue weighted by atomic mass is 10.1. The summed E-state index contributed by atoms with van der Waals surface area (Å²) in [6, 6.07) is 1.96. The second kappa shape index (κ2) is 10.3. The number of carbonyl (C=O) groups is 3. The highest BCUT2D eigenvalue weighted by molar-refractivity contribution is 7.98. The fourth-order valence-corrected chi connectivity index (χ4v) is 2.67. The van der Waals surface area contributed by atoms with Crippen LogP contribution < -0.4 is 10.6 Å². The van der Waals surface area contributed by atoms with E-state index >= 15 is 0 Å². The van der Waals surface area contributed by atoms with Gasteiger partial charge in [-0.05, 0) is 46.1 Å². The molecule has 0 fully saturated rings. The highest BCUT2D eigenvalue weighted by Gasteiger charge is 2.27. The lowest BCUT2D eigenvalue weighted by molar-refractivity contribution is -0.145. The lowest BCUT2D eigenvalue weighted by Gasteiger charge is -2.20. The summed E-state index contributed by atoms with van der Waals surface area (Å²) >= 11 is 1.41. The maximum atomic E-state index is 12.4. The normalized spacial score (nSPS) is 13.2. The van der Waals surface area contributed by atoms with Crippen molar-refractivity contribution in [3.05, 3.63) is 23.5 Å². The fraction of sp³-hybridized carbons (Fsp3) is 0.556. The van der Waals surface area contributed by atoms with Crippen LogP contribution in [-0.2, 0) is 20.8 Å². The van der Waals surface area contributed by atoms with Crippen molar-refractivity contribution in [3.8, 4) is 0 Å². The molecule has 1 rings (SSSR count). The van der Waals surface area contributed by atoms with Crippen LogP contribution in [0.5, 0.6) is 0 Å². The molecule has 0 aromatic carbocycles. The largest absolute Gasteiger partial charge is 0.467 e. The van der Waals surface area contributed by atoms with Crippen LogP contribution in [0.2, 0.25) is 0 Å². The number of rotatable bonds is 7. The molecule has 1 heterocycles. The van der Waals surface area contributed by atoms with Crippen LogP contribution in [0.1, 0.15) is 43.9 Å². The van der Waals surface area contributed by atoms with Crippen molar-refractivity contribution >= 4 is 29.7 Å². The standard InChI is InChI=1S/C18H27N3O6S/c1-10(22)14(16(24)26-5)21-15(23)11-7-8-13(28-6)12(20-11)9-19-17(25)27-18(2,3)4/h7-8,10,14,22H,9H2,1-6H3,(H,19,25)(H,21,23). The predicted octanol–water partition coefficient (Wildman–Crippen LogP) is 1.48. The van der Waals surface area contributed by atoms with Gasteiger partial charge in [-0.25, -0.2) is 14.6 Å². The SMILES string of the molecule is COC(=O)C(NC(=O)c1ccc(SC)c(CNC(=O)OC(C)(C)C)n1)C(C)O. The number of carbonyl (C=O) groups excluding carboxylic acids is 3. The first-order valence-corrected chi connectivity index (χ1v) is 9.78. The van der Waals surface area contributed by atoms with Crippen LogP contribution >= 0.6 is 11.8 Å². The van der Waals surface area contributed by atoms with Gasteiger partial charge in [-0.3, -0.25) is 4.79 Å². The Morgan fingerprint density at radius 2 is 1.93 bits per heavy atom. The van der Waals surface area contributed by atoms with Gasteiger partial charge in [-0.1, -0.05) is 0 Å². The molecule has 0 saturated heterocycles. The van der Waals surface area contributed by atoms with Crippen molar-refractivity contribution in [2.75, 3.05) is 13.4 Å². The van der Waals surface area contributed by atoms with E-state index in [-0.39, 0.29) is 12.2 Å². The van der Waals surface area contributed by atoms with E-state index in [2.05, 4.69) is 20.4 Å². The van der Waals surface area contributed by atoms with Crippen molar-refractivity contribution in [1.82, 2.24) is 15.6 Å². The third-order valence-electron chi connectivity index (χ3n) is 3.41. The molecule has 0 radical (unpaired) electrons. The van der Waals surface area contributed by atoms with Gasteiger partial charge in [0.15, 0.2) is 6.04 Å². The fourth-order valence-electron chi connectivity index (χ4n) is 2.12. The minimum atomic E-state index is -1.22. The van der Waals surface area contributed by atoms with E-state index in [1.807, 2.05) is 6.26 Å². The van der Waals surface area contributed by atoms with E-state index in [4.69, 9.17) is 4.74 Å². The summed E-state index contributed by atoms with van der Waals surface area (Å²) in [4.78, 5) is 41.0. The molecule has 0 aliphatic carbocycles. The zero-order chi connectivity index (χ0) is 21.5. The molecule has 2 amide bonds. The van der Waals surface area contributed by atoms with Gasteiger partial charge in [-0.2, -0.15) is 0 Å².